The monoisotopic (exact) mass is 607 g/mol. The molecule has 44 heavy (non-hydrogen) atoms. The Morgan fingerprint density at radius 1 is 0.955 bits per heavy atom. The predicted molar refractivity (Wildman–Crippen MR) is 166 cm³/mol. The molecule has 1 heterocycles. The lowest BCUT2D eigenvalue weighted by Gasteiger charge is -2.27. The quantitative estimate of drug-likeness (QED) is 0.218. The molecule has 0 aliphatic heterocycles. The molecule has 0 saturated carbocycles. The van der Waals surface area contributed by atoms with Crippen molar-refractivity contribution in [2.45, 2.75) is 71.9 Å². The predicted octanol–water partition coefficient (Wildman–Crippen LogP) is 2.02. The maximum absolute atomic E-state index is 13.4. The minimum Gasteiger partial charge on any atom is -0.368 e. The van der Waals surface area contributed by atoms with E-state index >= 15 is 0 Å². The van der Waals surface area contributed by atoms with Gasteiger partial charge in [-0.3, -0.25) is 33.8 Å². The molecule has 0 aliphatic carbocycles. The number of carbonyl (C=O) groups is 6. The number of ketones is 2. The summed E-state index contributed by atoms with van der Waals surface area (Å²) < 4.78 is 0. The molecule has 0 radical (unpaired) electrons. The summed E-state index contributed by atoms with van der Waals surface area (Å²) >= 11 is 0. The van der Waals surface area contributed by atoms with E-state index in [4.69, 9.17) is 5.73 Å². The molecule has 4 atom stereocenters. The van der Waals surface area contributed by atoms with Gasteiger partial charge in [-0.15, -0.1) is 0 Å². The van der Waals surface area contributed by atoms with Crippen molar-refractivity contribution in [2.24, 2.45) is 23.5 Å². The van der Waals surface area contributed by atoms with E-state index < -0.39 is 59.9 Å². The first-order valence-corrected chi connectivity index (χ1v) is 15.0. The fourth-order valence-electron chi connectivity index (χ4n) is 4.85. The van der Waals surface area contributed by atoms with Crippen LogP contribution in [0.25, 0.3) is 0 Å². The van der Waals surface area contributed by atoms with Gasteiger partial charge in [0.2, 0.25) is 23.5 Å². The molecule has 1 aromatic heterocycles. The fraction of sp³-hybridized carbons (Fsp3) is 0.485. The van der Waals surface area contributed by atoms with Crippen molar-refractivity contribution in [2.75, 3.05) is 13.6 Å². The second kappa shape index (κ2) is 17.6. The molecule has 0 spiro atoms. The maximum Gasteiger partial charge on any atom is 0.290 e. The number of amides is 4. The van der Waals surface area contributed by atoms with Gasteiger partial charge in [-0.1, -0.05) is 70.5 Å². The van der Waals surface area contributed by atoms with E-state index in [1.165, 1.54) is 7.05 Å². The van der Waals surface area contributed by atoms with Crippen molar-refractivity contribution in [3.63, 3.8) is 0 Å². The standard InChI is InChI=1S/C33H45N5O6/c1-6-22(4)29(37-32(43)25(15-21(2)3)18-26(39)16-24-13-10-14-35-19-24)30(41)33(44)36-20-28(40)38(5)27(31(34)42)17-23-11-8-7-9-12-23/h7-14,19,21-22,25,27,29H,6,15-18,20H2,1-5H3,(H2,34,42)(H,36,44)(H,37,43). The van der Waals surface area contributed by atoms with Crippen molar-refractivity contribution < 1.29 is 28.8 Å². The average molecular weight is 608 g/mol. The summed E-state index contributed by atoms with van der Waals surface area (Å²) in [6.45, 7) is 6.90. The highest BCUT2D eigenvalue weighted by Gasteiger charge is 2.34. The van der Waals surface area contributed by atoms with Crippen LogP contribution in [-0.4, -0.2) is 70.8 Å². The largest absolute Gasteiger partial charge is 0.368 e. The number of nitrogens with two attached hydrogens (primary N) is 1. The average Bonchev–Trinajstić information content (AvgIpc) is 3.00. The van der Waals surface area contributed by atoms with Crippen LogP contribution in [0.5, 0.6) is 0 Å². The zero-order valence-corrected chi connectivity index (χ0v) is 26.2. The molecular weight excluding hydrogens is 562 g/mol. The molecular formula is C33H45N5O6. The van der Waals surface area contributed by atoms with Gasteiger partial charge in [0.05, 0.1) is 12.6 Å². The number of primary amides is 1. The Kier molecular flexibility index (Phi) is 14.4. The molecule has 11 nitrogen and oxygen atoms in total. The molecule has 0 saturated heterocycles. The minimum atomic E-state index is -1.15. The Hall–Kier alpha value is -4.41. The van der Waals surface area contributed by atoms with E-state index in [2.05, 4.69) is 15.6 Å². The first kappa shape index (κ1) is 35.8. The van der Waals surface area contributed by atoms with Crippen LogP contribution in [0.3, 0.4) is 0 Å². The van der Waals surface area contributed by atoms with Crippen LogP contribution < -0.4 is 16.4 Å². The number of hydrogen-bond donors (Lipinski definition) is 3. The number of carbonyl (C=O) groups excluding carboxylic acids is 6. The summed E-state index contributed by atoms with van der Waals surface area (Å²) in [5, 5.41) is 5.05. The molecule has 4 N–H and O–H groups in total. The summed E-state index contributed by atoms with van der Waals surface area (Å²) in [6.07, 6.45) is 4.43. The zero-order chi connectivity index (χ0) is 32.8. The zero-order valence-electron chi connectivity index (χ0n) is 26.2. The molecule has 238 valence electrons. The maximum atomic E-state index is 13.4. The van der Waals surface area contributed by atoms with Gasteiger partial charge in [-0.2, -0.15) is 0 Å². The fourth-order valence-corrected chi connectivity index (χ4v) is 4.85. The summed E-state index contributed by atoms with van der Waals surface area (Å²) in [6, 6.07) is 10.5. The lowest BCUT2D eigenvalue weighted by Crippen LogP contribution is -2.54. The number of likely N-dealkylation sites (N-methyl/N-ethyl adjacent to an activating group) is 1. The van der Waals surface area contributed by atoms with E-state index in [1.807, 2.05) is 26.8 Å². The van der Waals surface area contributed by atoms with Crippen LogP contribution in [0.1, 0.15) is 58.1 Å². The van der Waals surface area contributed by atoms with Gasteiger partial charge in [0.25, 0.3) is 5.91 Å². The lowest BCUT2D eigenvalue weighted by atomic mass is 9.88. The van der Waals surface area contributed by atoms with Crippen LogP contribution in [0.15, 0.2) is 54.9 Å². The normalized spacial score (nSPS) is 13.7. The Morgan fingerprint density at radius 2 is 1.61 bits per heavy atom. The number of nitrogens with zero attached hydrogens (tertiary/aromatic N) is 2. The van der Waals surface area contributed by atoms with Crippen molar-refractivity contribution in [1.82, 2.24) is 20.5 Å². The summed E-state index contributed by atoms with van der Waals surface area (Å²) in [4.78, 5) is 82.5. The SMILES string of the molecule is CCC(C)C(NC(=O)C(CC(=O)Cc1cccnc1)CC(C)C)C(=O)C(=O)NCC(=O)N(C)C(Cc1ccccc1)C(N)=O. The van der Waals surface area contributed by atoms with Gasteiger partial charge in [0, 0.05) is 44.6 Å². The molecule has 0 aliphatic rings. The van der Waals surface area contributed by atoms with Crippen LogP contribution in [-0.2, 0) is 41.6 Å². The number of nitrogens with one attached hydrogen (secondary N) is 2. The van der Waals surface area contributed by atoms with Gasteiger partial charge < -0.3 is 21.3 Å². The number of hydrogen-bond acceptors (Lipinski definition) is 7. The summed E-state index contributed by atoms with van der Waals surface area (Å²) in [5.41, 5.74) is 7.09. The topological polar surface area (TPSA) is 169 Å². The van der Waals surface area contributed by atoms with Crippen LogP contribution in [0.4, 0.5) is 0 Å². The molecule has 0 fully saturated rings. The molecule has 4 unspecified atom stereocenters. The molecule has 2 aromatic rings. The van der Waals surface area contributed by atoms with Crippen LogP contribution >= 0.6 is 0 Å². The third kappa shape index (κ3) is 11.3. The molecule has 4 amide bonds. The second-order valence-corrected chi connectivity index (χ2v) is 11.6. The van der Waals surface area contributed by atoms with Gasteiger partial charge in [-0.25, -0.2) is 0 Å². The number of aromatic nitrogens is 1. The molecule has 11 heteroatoms. The summed E-state index contributed by atoms with van der Waals surface area (Å²) in [5.74, 6) is -4.85. The first-order valence-electron chi connectivity index (χ1n) is 15.0. The van der Waals surface area contributed by atoms with Crippen LogP contribution in [0.2, 0.25) is 0 Å². The summed E-state index contributed by atoms with van der Waals surface area (Å²) in [7, 11) is 1.40. The molecule has 0 bridgehead atoms. The van der Waals surface area contributed by atoms with E-state index in [0.717, 1.165) is 16.0 Å². The van der Waals surface area contributed by atoms with Gasteiger partial charge in [0.15, 0.2) is 0 Å². The van der Waals surface area contributed by atoms with Crippen molar-refractivity contribution in [3.8, 4) is 0 Å². The van der Waals surface area contributed by atoms with E-state index in [0.29, 0.717) is 12.8 Å². The second-order valence-electron chi connectivity index (χ2n) is 11.6. The van der Waals surface area contributed by atoms with E-state index in [-0.39, 0.29) is 31.0 Å². The third-order valence-corrected chi connectivity index (χ3v) is 7.60. The highest BCUT2D eigenvalue weighted by molar-refractivity contribution is 6.38. The minimum absolute atomic E-state index is 0.0165. The van der Waals surface area contributed by atoms with E-state index in [1.54, 1.807) is 55.7 Å². The van der Waals surface area contributed by atoms with Crippen molar-refractivity contribution in [3.05, 3.63) is 66.0 Å². The highest BCUT2D eigenvalue weighted by Crippen LogP contribution is 2.19. The first-order chi connectivity index (χ1) is 20.8. The van der Waals surface area contributed by atoms with Gasteiger partial charge in [0.1, 0.15) is 11.8 Å². The van der Waals surface area contributed by atoms with E-state index in [9.17, 15) is 28.8 Å². The lowest BCUT2D eigenvalue weighted by molar-refractivity contribution is -0.143. The number of rotatable bonds is 18. The van der Waals surface area contributed by atoms with Crippen molar-refractivity contribution >= 4 is 35.2 Å². The Labute approximate surface area is 259 Å². The number of benzene rings is 1. The van der Waals surface area contributed by atoms with Crippen LogP contribution in [0, 0.1) is 17.8 Å². The third-order valence-electron chi connectivity index (χ3n) is 7.60. The van der Waals surface area contributed by atoms with Crippen molar-refractivity contribution in [1.29, 1.82) is 0 Å². The Balaban J connectivity index is 2.07. The number of Topliss-reactive ketones (excluding diaryl/α,β-unsaturated/α-hetero) is 2. The molecule has 2 rings (SSSR count). The smallest absolute Gasteiger partial charge is 0.290 e. The Bertz CT molecular complexity index is 1280. The number of pyridine rings is 1. The van der Waals surface area contributed by atoms with Gasteiger partial charge in [-0.05, 0) is 35.4 Å². The Morgan fingerprint density at radius 3 is 2.18 bits per heavy atom. The van der Waals surface area contributed by atoms with Gasteiger partial charge >= 0.3 is 0 Å². The highest BCUT2D eigenvalue weighted by atomic mass is 16.2. The molecule has 1 aromatic carbocycles.